The molecule has 2 amide bonds. The van der Waals surface area contributed by atoms with Crippen molar-refractivity contribution in [3.05, 3.63) is 72.1 Å². The molecule has 0 fully saturated rings. The molecule has 2 aliphatic heterocycles. The summed E-state index contributed by atoms with van der Waals surface area (Å²) >= 11 is 0. The molecule has 12 nitrogen and oxygen atoms in total. The average Bonchev–Trinajstić information content (AvgIpc) is 3.36. The number of nitrogens with one attached hydrogen (secondary N) is 1. The Balaban J connectivity index is 1.69. The van der Waals surface area contributed by atoms with Crippen molar-refractivity contribution in [2.45, 2.75) is 37.5 Å². The predicted molar refractivity (Wildman–Crippen MR) is 177 cm³/mol. The van der Waals surface area contributed by atoms with Crippen molar-refractivity contribution >= 4 is 48.6 Å². The van der Waals surface area contributed by atoms with Crippen LogP contribution in [-0.2, 0) is 29.7 Å². The lowest BCUT2D eigenvalue weighted by atomic mass is 9.93. The standard InChI is InChI=1S/C33H36N4O8S2/c1-5-35(6-2)22-9-12-25-28(19-22)45-29-20-23(36(7-3)8-4)10-13-26(29)33(25)27-14-11-24(21-30(27)47(42,43)44)46(40,41)34-17-18-37-31(38)15-16-32(37)39/h9-16,19-21,34H,5-8,17-18H2,1-4H3. The van der Waals surface area contributed by atoms with Gasteiger partial charge in [0.2, 0.25) is 15.4 Å². The number of rotatable bonds is 12. The van der Waals surface area contributed by atoms with Gasteiger partial charge in [-0.15, -0.1) is 0 Å². The highest BCUT2D eigenvalue weighted by Gasteiger charge is 2.27. The number of carbonyl (C=O) groups is 2. The maximum absolute atomic E-state index is 13.2. The molecule has 248 valence electrons. The number of amides is 2. The molecule has 0 unspecified atom stereocenters. The lowest BCUT2D eigenvalue weighted by Crippen LogP contribution is -2.38. The number of imide groups is 1. The molecule has 0 saturated heterocycles. The molecule has 0 atom stereocenters. The van der Waals surface area contributed by atoms with Crippen LogP contribution in [0.15, 0.2) is 81.0 Å². The monoisotopic (exact) mass is 680 g/mol. The number of hydrogen-bond acceptors (Lipinski definition) is 9. The quantitative estimate of drug-likeness (QED) is 0.103. The SMILES string of the molecule is CCN(CC)c1ccc2c(-c3ccc(S(=O)(=O)NCCN4C(=O)C=CC4=O)cc3S(=O)(=O)[O-])c3ccc(=[N+](CC)CC)cc-3oc2c1. The number of benzene rings is 3. The number of fused-ring (bicyclic) bond motifs is 2. The van der Waals surface area contributed by atoms with Crippen LogP contribution in [0.1, 0.15) is 27.7 Å². The Kier molecular flexibility index (Phi) is 9.68. The van der Waals surface area contributed by atoms with Crippen molar-refractivity contribution in [3.63, 3.8) is 0 Å². The number of carbonyl (C=O) groups excluding carboxylic acids is 2. The first-order valence-electron chi connectivity index (χ1n) is 15.3. The Hall–Kier alpha value is -4.37. The molecule has 1 N–H and O–H groups in total. The van der Waals surface area contributed by atoms with Crippen LogP contribution in [0.25, 0.3) is 33.4 Å². The summed E-state index contributed by atoms with van der Waals surface area (Å²) in [6.45, 7) is 10.6. The average molecular weight is 681 g/mol. The van der Waals surface area contributed by atoms with E-state index in [1.807, 2.05) is 64.1 Å². The van der Waals surface area contributed by atoms with E-state index in [0.29, 0.717) is 27.9 Å². The highest BCUT2D eigenvalue weighted by atomic mass is 32.2. The normalized spacial score (nSPS) is 13.7. The zero-order valence-electron chi connectivity index (χ0n) is 26.5. The minimum Gasteiger partial charge on any atom is -0.744 e. The van der Waals surface area contributed by atoms with Crippen LogP contribution in [0.2, 0.25) is 0 Å². The van der Waals surface area contributed by atoms with Gasteiger partial charge in [-0.3, -0.25) is 14.5 Å². The molecular formula is C33H36N4O8S2. The first kappa shape index (κ1) is 34.0. The van der Waals surface area contributed by atoms with Crippen LogP contribution in [0.4, 0.5) is 5.69 Å². The minimum absolute atomic E-state index is 0.0234. The largest absolute Gasteiger partial charge is 0.744 e. The number of hydrogen-bond donors (Lipinski definition) is 1. The molecule has 5 rings (SSSR count). The van der Waals surface area contributed by atoms with Gasteiger partial charge in [0.15, 0.2) is 0 Å². The fraction of sp³-hybridized carbons (Fsp3) is 0.303. The number of nitrogens with zero attached hydrogens (tertiary/aromatic N) is 3. The van der Waals surface area contributed by atoms with E-state index in [2.05, 4.69) is 14.2 Å². The zero-order valence-corrected chi connectivity index (χ0v) is 28.2. The summed E-state index contributed by atoms with van der Waals surface area (Å²) in [6.07, 6.45) is 2.17. The van der Waals surface area contributed by atoms with Gasteiger partial charge in [0.25, 0.3) is 11.8 Å². The van der Waals surface area contributed by atoms with Gasteiger partial charge < -0.3 is 13.9 Å². The molecule has 2 aromatic carbocycles. The first-order chi connectivity index (χ1) is 22.3. The van der Waals surface area contributed by atoms with E-state index < -0.39 is 41.7 Å². The second-order valence-corrected chi connectivity index (χ2v) is 14.0. The van der Waals surface area contributed by atoms with Crippen LogP contribution in [0.5, 0.6) is 0 Å². The molecule has 14 heteroatoms. The van der Waals surface area contributed by atoms with Gasteiger partial charge in [0, 0.05) is 78.2 Å². The Morgan fingerprint density at radius 3 is 2.13 bits per heavy atom. The zero-order chi connectivity index (χ0) is 34.1. The van der Waals surface area contributed by atoms with E-state index in [4.69, 9.17) is 4.42 Å². The second kappa shape index (κ2) is 13.4. The maximum Gasteiger partial charge on any atom is 0.253 e. The Bertz CT molecular complexity index is 2140. The van der Waals surface area contributed by atoms with Gasteiger partial charge in [-0.25, -0.2) is 26.1 Å². The van der Waals surface area contributed by atoms with E-state index >= 15 is 0 Å². The fourth-order valence-corrected chi connectivity index (χ4v) is 7.67. The van der Waals surface area contributed by atoms with Crippen molar-refractivity contribution in [2.75, 3.05) is 44.2 Å². The summed E-state index contributed by atoms with van der Waals surface area (Å²) in [5, 5.41) is 1.44. The third kappa shape index (κ3) is 6.72. The molecule has 0 aromatic heterocycles. The summed E-state index contributed by atoms with van der Waals surface area (Å²) in [6, 6.07) is 14.5. The highest BCUT2D eigenvalue weighted by Crippen LogP contribution is 2.43. The maximum atomic E-state index is 13.2. The van der Waals surface area contributed by atoms with E-state index in [0.717, 1.165) is 60.3 Å². The third-order valence-corrected chi connectivity index (χ3v) is 10.6. The Morgan fingerprint density at radius 1 is 0.851 bits per heavy atom. The van der Waals surface area contributed by atoms with Gasteiger partial charge in [-0.05, 0) is 58.0 Å². The lowest BCUT2D eigenvalue weighted by Gasteiger charge is -2.23. The van der Waals surface area contributed by atoms with Crippen molar-refractivity contribution in [3.8, 4) is 22.5 Å². The molecule has 2 heterocycles. The molecule has 0 saturated carbocycles. The van der Waals surface area contributed by atoms with Crippen molar-refractivity contribution < 1.29 is 35.4 Å². The van der Waals surface area contributed by atoms with E-state index in [1.165, 1.54) is 12.1 Å². The Labute approximate surface area is 273 Å². The molecule has 0 spiro atoms. The lowest BCUT2D eigenvalue weighted by molar-refractivity contribution is -0.136. The molecule has 0 bridgehead atoms. The van der Waals surface area contributed by atoms with Crippen LogP contribution >= 0.6 is 0 Å². The van der Waals surface area contributed by atoms with Crippen LogP contribution < -0.4 is 19.6 Å². The molecule has 3 aliphatic rings. The first-order valence-corrected chi connectivity index (χ1v) is 18.2. The van der Waals surface area contributed by atoms with Crippen molar-refractivity contribution in [1.29, 1.82) is 0 Å². The second-order valence-electron chi connectivity index (χ2n) is 10.9. The smallest absolute Gasteiger partial charge is 0.253 e. The molecule has 1 aliphatic carbocycles. The topological polar surface area (TPSA) is 160 Å². The Morgan fingerprint density at radius 2 is 1.51 bits per heavy atom. The van der Waals surface area contributed by atoms with Gasteiger partial charge in [-0.2, -0.15) is 0 Å². The molecular weight excluding hydrogens is 645 g/mol. The van der Waals surface area contributed by atoms with Gasteiger partial charge in [-0.1, -0.05) is 6.07 Å². The van der Waals surface area contributed by atoms with E-state index in [1.54, 1.807) is 0 Å². The predicted octanol–water partition coefficient (Wildman–Crippen LogP) is 2.97. The minimum atomic E-state index is -5.20. The number of sulfonamides is 1. The summed E-state index contributed by atoms with van der Waals surface area (Å²) in [7, 11) is -9.55. The fourth-order valence-electron chi connectivity index (χ4n) is 5.84. The van der Waals surface area contributed by atoms with E-state index in [9.17, 15) is 31.0 Å². The van der Waals surface area contributed by atoms with E-state index in [-0.39, 0.29) is 18.7 Å². The highest BCUT2D eigenvalue weighted by molar-refractivity contribution is 7.89. The molecule has 0 radical (unpaired) electrons. The van der Waals surface area contributed by atoms with Gasteiger partial charge >= 0.3 is 0 Å². The molecule has 47 heavy (non-hydrogen) atoms. The van der Waals surface area contributed by atoms with Crippen LogP contribution in [-0.4, -0.2) is 77.4 Å². The summed E-state index contributed by atoms with van der Waals surface area (Å²) < 4.78 is 75.6. The van der Waals surface area contributed by atoms with Crippen molar-refractivity contribution in [2.24, 2.45) is 0 Å². The van der Waals surface area contributed by atoms with Crippen LogP contribution in [0, 0.1) is 0 Å². The summed E-state index contributed by atoms with van der Waals surface area (Å²) in [4.78, 5) is 25.5. The van der Waals surface area contributed by atoms with Gasteiger partial charge in [0.05, 0.1) is 15.9 Å². The summed E-state index contributed by atoms with van der Waals surface area (Å²) in [5.74, 6) is -0.678. The van der Waals surface area contributed by atoms with Gasteiger partial charge in [0.1, 0.15) is 34.6 Å². The molecule has 2 aromatic rings. The number of anilines is 1. The van der Waals surface area contributed by atoms with Crippen LogP contribution in [0.3, 0.4) is 0 Å². The third-order valence-electron chi connectivity index (χ3n) is 8.28. The van der Waals surface area contributed by atoms with Crippen molar-refractivity contribution in [1.82, 2.24) is 14.2 Å². The summed E-state index contributed by atoms with van der Waals surface area (Å²) in [5.41, 5.74) is 2.32.